The van der Waals surface area contributed by atoms with Crippen molar-refractivity contribution in [2.24, 2.45) is 0 Å². The Hall–Kier alpha value is -1.76. The Balaban J connectivity index is 2.04. The minimum atomic E-state index is -3.20. The van der Waals surface area contributed by atoms with Crippen molar-refractivity contribution in [2.75, 3.05) is 5.75 Å². The van der Waals surface area contributed by atoms with E-state index in [4.69, 9.17) is 0 Å². The molecule has 1 unspecified atom stereocenters. The highest BCUT2D eigenvalue weighted by Gasteiger charge is 2.23. The standard InChI is InChI=1S/C10H9FN2O3S/c11-9-2-1-7(5-12-9)10(14)13-8-3-4-17(15,16)6-8/h1-5,8H,6H2,(H,13,14). The second-order valence-corrected chi connectivity index (χ2v) is 5.54. The number of amides is 1. The van der Waals surface area contributed by atoms with Crippen LogP contribution in [0.25, 0.3) is 0 Å². The van der Waals surface area contributed by atoms with Crippen molar-refractivity contribution in [2.45, 2.75) is 6.04 Å². The normalized spacial score (nSPS) is 21.4. The molecule has 1 N–H and O–H groups in total. The summed E-state index contributed by atoms with van der Waals surface area (Å²) in [5.74, 6) is -1.30. The lowest BCUT2D eigenvalue weighted by atomic mass is 10.2. The number of nitrogens with zero attached hydrogens (tertiary/aromatic N) is 1. The second kappa shape index (κ2) is 4.25. The van der Waals surface area contributed by atoms with Gasteiger partial charge in [-0.05, 0) is 18.2 Å². The van der Waals surface area contributed by atoms with Crippen molar-refractivity contribution in [1.29, 1.82) is 0 Å². The maximum atomic E-state index is 12.5. The Morgan fingerprint density at radius 1 is 1.47 bits per heavy atom. The molecule has 0 aliphatic carbocycles. The number of sulfone groups is 1. The average Bonchev–Trinajstić information content (AvgIpc) is 2.59. The molecule has 1 atom stereocenters. The number of nitrogens with one attached hydrogen (secondary N) is 1. The quantitative estimate of drug-likeness (QED) is 0.770. The Morgan fingerprint density at radius 3 is 2.76 bits per heavy atom. The Labute approximate surface area is 97.3 Å². The summed E-state index contributed by atoms with van der Waals surface area (Å²) in [6.45, 7) is 0. The van der Waals surface area contributed by atoms with Gasteiger partial charge in [-0.3, -0.25) is 4.79 Å². The number of halogens is 1. The van der Waals surface area contributed by atoms with Gasteiger partial charge in [-0.15, -0.1) is 0 Å². The van der Waals surface area contributed by atoms with Crippen LogP contribution >= 0.6 is 0 Å². The number of hydrogen-bond donors (Lipinski definition) is 1. The van der Waals surface area contributed by atoms with Crippen LogP contribution in [0, 0.1) is 5.95 Å². The van der Waals surface area contributed by atoms with Crippen molar-refractivity contribution >= 4 is 15.7 Å². The van der Waals surface area contributed by atoms with Gasteiger partial charge in [-0.1, -0.05) is 0 Å². The molecule has 2 rings (SSSR count). The first-order valence-electron chi connectivity index (χ1n) is 4.80. The van der Waals surface area contributed by atoms with Crippen molar-refractivity contribution < 1.29 is 17.6 Å². The number of carbonyl (C=O) groups is 1. The van der Waals surface area contributed by atoms with Crippen LogP contribution in [0.15, 0.2) is 29.8 Å². The van der Waals surface area contributed by atoms with E-state index in [1.807, 2.05) is 0 Å². The maximum absolute atomic E-state index is 12.5. The molecule has 0 spiro atoms. The first-order valence-corrected chi connectivity index (χ1v) is 6.51. The Bertz CT molecular complexity index is 566. The van der Waals surface area contributed by atoms with Gasteiger partial charge < -0.3 is 5.32 Å². The molecule has 0 fully saturated rings. The molecule has 0 bridgehead atoms. The van der Waals surface area contributed by atoms with Gasteiger partial charge in [0.25, 0.3) is 5.91 Å². The fraction of sp³-hybridized carbons (Fsp3) is 0.200. The van der Waals surface area contributed by atoms with Gasteiger partial charge in [0.2, 0.25) is 5.95 Å². The third-order valence-corrected chi connectivity index (χ3v) is 3.63. The summed E-state index contributed by atoms with van der Waals surface area (Å²) < 4.78 is 34.7. The fourth-order valence-electron chi connectivity index (χ4n) is 1.43. The highest BCUT2D eigenvalue weighted by atomic mass is 32.2. The molecular formula is C10H9FN2O3S. The molecule has 0 saturated carbocycles. The van der Waals surface area contributed by atoms with Crippen LogP contribution in [0.5, 0.6) is 0 Å². The lowest BCUT2D eigenvalue weighted by Crippen LogP contribution is -2.35. The number of aromatic nitrogens is 1. The molecule has 1 aromatic heterocycles. The first kappa shape index (κ1) is 11.7. The molecule has 1 amide bonds. The van der Waals surface area contributed by atoms with Crippen LogP contribution in [0.1, 0.15) is 10.4 Å². The van der Waals surface area contributed by atoms with Gasteiger partial charge in [0.05, 0.1) is 17.4 Å². The number of rotatable bonds is 2. The van der Waals surface area contributed by atoms with E-state index in [0.717, 1.165) is 17.7 Å². The van der Waals surface area contributed by atoms with Crippen LogP contribution in [0.3, 0.4) is 0 Å². The second-order valence-electron chi connectivity index (χ2n) is 3.61. The average molecular weight is 256 g/mol. The summed E-state index contributed by atoms with van der Waals surface area (Å²) in [6.07, 6.45) is 2.50. The van der Waals surface area contributed by atoms with Crippen molar-refractivity contribution in [1.82, 2.24) is 10.3 Å². The van der Waals surface area contributed by atoms with Crippen LogP contribution in [0.2, 0.25) is 0 Å². The fourth-order valence-corrected chi connectivity index (χ4v) is 2.66. The molecule has 1 aliphatic heterocycles. The van der Waals surface area contributed by atoms with E-state index in [9.17, 15) is 17.6 Å². The van der Waals surface area contributed by atoms with Crippen LogP contribution < -0.4 is 5.32 Å². The van der Waals surface area contributed by atoms with E-state index >= 15 is 0 Å². The molecule has 17 heavy (non-hydrogen) atoms. The molecule has 0 saturated heterocycles. The third-order valence-electron chi connectivity index (χ3n) is 2.24. The highest BCUT2D eigenvalue weighted by molar-refractivity contribution is 7.94. The first-order chi connectivity index (χ1) is 7.96. The van der Waals surface area contributed by atoms with Crippen molar-refractivity contribution in [3.8, 4) is 0 Å². The Morgan fingerprint density at radius 2 is 2.24 bits per heavy atom. The summed E-state index contributed by atoms with van der Waals surface area (Å²) in [6, 6.07) is 1.80. The van der Waals surface area contributed by atoms with E-state index in [1.165, 1.54) is 12.1 Å². The maximum Gasteiger partial charge on any atom is 0.253 e. The van der Waals surface area contributed by atoms with Crippen LogP contribution in [-0.2, 0) is 9.84 Å². The molecule has 5 nitrogen and oxygen atoms in total. The molecular weight excluding hydrogens is 247 g/mol. The van der Waals surface area contributed by atoms with E-state index in [-0.39, 0.29) is 11.3 Å². The monoisotopic (exact) mass is 256 g/mol. The number of carbonyl (C=O) groups excluding carboxylic acids is 1. The van der Waals surface area contributed by atoms with Gasteiger partial charge in [0.1, 0.15) is 0 Å². The largest absolute Gasteiger partial charge is 0.345 e. The van der Waals surface area contributed by atoms with Gasteiger partial charge in [0.15, 0.2) is 9.84 Å². The smallest absolute Gasteiger partial charge is 0.253 e. The molecule has 90 valence electrons. The van der Waals surface area contributed by atoms with E-state index < -0.39 is 27.7 Å². The lowest BCUT2D eigenvalue weighted by molar-refractivity contribution is 0.0947. The number of hydrogen-bond acceptors (Lipinski definition) is 4. The Kier molecular flexibility index (Phi) is 2.93. The van der Waals surface area contributed by atoms with Crippen molar-refractivity contribution in [3.05, 3.63) is 41.3 Å². The summed E-state index contributed by atoms with van der Waals surface area (Å²) in [7, 11) is -3.20. The van der Waals surface area contributed by atoms with Gasteiger partial charge in [0, 0.05) is 11.6 Å². The molecule has 0 radical (unpaired) electrons. The van der Waals surface area contributed by atoms with Gasteiger partial charge in [-0.2, -0.15) is 4.39 Å². The summed E-state index contributed by atoms with van der Waals surface area (Å²) in [4.78, 5) is 15.0. The number of pyridine rings is 1. The minimum absolute atomic E-state index is 0.145. The van der Waals surface area contributed by atoms with Crippen molar-refractivity contribution in [3.63, 3.8) is 0 Å². The molecule has 0 aromatic carbocycles. The molecule has 2 heterocycles. The van der Waals surface area contributed by atoms with Crippen LogP contribution in [0.4, 0.5) is 4.39 Å². The van der Waals surface area contributed by atoms with E-state index in [0.29, 0.717) is 0 Å². The van der Waals surface area contributed by atoms with E-state index in [2.05, 4.69) is 10.3 Å². The summed E-state index contributed by atoms with van der Waals surface area (Å²) in [5, 5.41) is 3.57. The van der Waals surface area contributed by atoms with Crippen LogP contribution in [-0.4, -0.2) is 31.1 Å². The lowest BCUT2D eigenvalue weighted by Gasteiger charge is -2.09. The topological polar surface area (TPSA) is 76.1 Å². The zero-order chi connectivity index (χ0) is 12.5. The van der Waals surface area contributed by atoms with E-state index in [1.54, 1.807) is 0 Å². The summed E-state index contributed by atoms with van der Waals surface area (Å²) in [5.41, 5.74) is 0.184. The molecule has 1 aromatic rings. The minimum Gasteiger partial charge on any atom is -0.345 e. The van der Waals surface area contributed by atoms with Gasteiger partial charge >= 0.3 is 0 Å². The zero-order valence-corrected chi connectivity index (χ0v) is 9.45. The highest BCUT2D eigenvalue weighted by Crippen LogP contribution is 2.09. The predicted octanol–water partition coefficient (Wildman–Crippen LogP) is 0.261. The zero-order valence-electron chi connectivity index (χ0n) is 8.63. The summed E-state index contributed by atoms with van der Waals surface area (Å²) >= 11 is 0. The molecule has 1 aliphatic rings. The third kappa shape index (κ3) is 2.88. The SMILES string of the molecule is O=C(NC1C=CS(=O)(=O)C1)c1ccc(F)nc1. The predicted molar refractivity (Wildman–Crippen MR) is 58.4 cm³/mol. The van der Waals surface area contributed by atoms with Gasteiger partial charge in [-0.25, -0.2) is 13.4 Å². The molecule has 7 heteroatoms.